The van der Waals surface area contributed by atoms with Gasteiger partial charge in [-0.2, -0.15) is 5.26 Å². The van der Waals surface area contributed by atoms with E-state index in [2.05, 4.69) is 30.3 Å². The first-order valence-electron chi connectivity index (χ1n) is 6.96. The van der Waals surface area contributed by atoms with E-state index in [9.17, 15) is 5.26 Å². The van der Waals surface area contributed by atoms with Crippen molar-refractivity contribution >= 4 is 11.8 Å². The van der Waals surface area contributed by atoms with E-state index in [4.69, 9.17) is 0 Å². The third-order valence-corrected chi connectivity index (χ3v) is 5.74. The molecular weight excluding hydrogens is 238 g/mol. The molecule has 1 unspecified atom stereocenters. The van der Waals surface area contributed by atoms with Gasteiger partial charge in [0.15, 0.2) is 0 Å². The van der Waals surface area contributed by atoms with Crippen molar-refractivity contribution in [3.63, 3.8) is 0 Å². The van der Waals surface area contributed by atoms with Crippen LogP contribution < -0.4 is 0 Å². The molecule has 0 aromatic heterocycles. The van der Waals surface area contributed by atoms with E-state index in [0.29, 0.717) is 5.92 Å². The van der Waals surface area contributed by atoms with Crippen LogP contribution in [0, 0.1) is 16.7 Å². The van der Waals surface area contributed by atoms with E-state index in [1.165, 1.54) is 35.5 Å². The molecule has 0 N–H and O–H groups in total. The van der Waals surface area contributed by atoms with E-state index in [1.54, 1.807) is 0 Å². The van der Waals surface area contributed by atoms with Crippen molar-refractivity contribution in [2.24, 2.45) is 5.41 Å². The molecule has 0 radical (unpaired) electrons. The van der Waals surface area contributed by atoms with Gasteiger partial charge in [0.25, 0.3) is 0 Å². The Balaban J connectivity index is 1.79. The van der Waals surface area contributed by atoms with Gasteiger partial charge in [-0.15, -0.1) is 11.8 Å². The van der Waals surface area contributed by atoms with Gasteiger partial charge in [-0.3, -0.25) is 0 Å². The lowest BCUT2D eigenvalue weighted by Gasteiger charge is -2.33. The van der Waals surface area contributed by atoms with Crippen LogP contribution in [-0.4, -0.2) is 5.75 Å². The molecule has 0 spiro atoms. The van der Waals surface area contributed by atoms with E-state index in [0.717, 1.165) is 19.3 Å². The van der Waals surface area contributed by atoms with Crippen LogP contribution in [0.1, 0.15) is 50.0 Å². The summed E-state index contributed by atoms with van der Waals surface area (Å²) in [6.45, 7) is 0. The molecule has 2 aliphatic rings. The minimum absolute atomic E-state index is 0.0269. The fourth-order valence-corrected chi connectivity index (χ4v) is 4.71. The molecule has 1 aliphatic heterocycles. The molecule has 1 saturated carbocycles. The number of hydrogen-bond donors (Lipinski definition) is 0. The SMILES string of the molecule is N#CC1(CC2CSc3ccccc32)CCCCC1. The van der Waals surface area contributed by atoms with Gasteiger partial charge in [-0.25, -0.2) is 0 Å². The number of nitrogens with zero attached hydrogens (tertiary/aromatic N) is 1. The first-order chi connectivity index (χ1) is 8.83. The van der Waals surface area contributed by atoms with Crippen LogP contribution in [0.4, 0.5) is 0 Å². The topological polar surface area (TPSA) is 23.8 Å². The van der Waals surface area contributed by atoms with Gasteiger partial charge < -0.3 is 0 Å². The summed E-state index contributed by atoms with van der Waals surface area (Å²) in [4.78, 5) is 1.44. The second kappa shape index (κ2) is 4.97. The maximum Gasteiger partial charge on any atom is 0.0689 e. The average Bonchev–Trinajstić information content (AvgIpc) is 2.83. The summed E-state index contributed by atoms with van der Waals surface area (Å²) >= 11 is 1.96. The van der Waals surface area contributed by atoms with Gasteiger partial charge in [0, 0.05) is 10.6 Å². The molecule has 1 nitrogen and oxygen atoms in total. The van der Waals surface area contributed by atoms with Crippen molar-refractivity contribution < 1.29 is 0 Å². The Hall–Kier alpha value is -0.940. The molecular formula is C16H19NS. The highest BCUT2D eigenvalue weighted by Crippen LogP contribution is 2.48. The summed E-state index contributed by atoms with van der Waals surface area (Å²) in [6.07, 6.45) is 7.12. The van der Waals surface area contributed by atoms with Gasteiger partial charge in [-0.1, -0.05) is 37.5 Å². The molecule has 18 heavy (non-hydrogen) atoms. The number of nitriles is 1. The lowest BCUT2D eigenvalue weighted by Crippen LogP contribution is -2.24. The molecule has 1 fully saturated rings. The largest absolute Gasteiger partial charge is 0.198 e. The molecule has 1 aromatic rings. The summed E-state index contributed by atoms with van der Waals surface area (Å²) in [5, 5.41) is 9.59. The van der Waals surface area contributed by atoms with Gasteiger partial charge in [0.2, 0.25) is 0 Å². The Kier molecular flexibility index (Phi) is 3.35. The van der Waals surface area contributed by atoms with Crippen LogP contribution in [0.2, 0.25) is 0 Å². The number of hydrogen-bond acceptors (Lipinski definition) is 2. The van der Waals surface area contributed by atoms with Crippen LogP contribution in [0.3, 0.4) is 0 Å². The van der Waals surface area contributed by atoms with Crippen molar-refractivity contribution in [1.82, 2.24) is 0 Å². The highest BCUT2D eigenvalue weighted by atomic mass is 32.2. The highest BCUT2D eigenvalue weighted by Gasteiger charge is 2.37. The molecule has 3 rings (SSSR count). The highest BCUT2D eigenvalue weighted by molar-refractivity contribution is 7.99. The van der Waals surface area contributed by atoms with E-state index in [-0.39, 0.29) is 5.41 Å². The Morgan fingerprint density at radius 1 is 1.22 bits per heavy atom. The molecule has 0 bridgehead atoms. The predicted octanol–water partition coefficient (Wildman–Crippen LogP) is 4.74. The number of benzene rings is 1. The Labute approximate surface area is 114 Å². The molecule has 1 aromatic carbocycles. The second-order valence-corrected chi connectivity index (χ2v) is 6.76. The van der Waals surface area contributed by atoms with Crippen molar-refractivity contribution in [2.45, 2.75) is 49.3 Å². The number of rotatable bonds is 2. The minimum atomic E-state index is -0.0269. The molecule has 1 atom stereocenters. The summed E-state index contributed by atoms with van der Waals surface area (Å²) in [5.74, 6) is 1.77. The Bertz CT molecular complexity index is 468. The third kappa shape index (κ3) is 2.17. The zero-order valence-electron chi connectivity index (χ0n) is 10.7. The summed E-state index contributed by atoms with van der Waals surface area (Å²) in [7, 11) is 0. The molecule has 1 aliphatic carbocycles. The van der Waals surface area contributed by atoms with E-state index < -0.39 is 0 Å². The predicted molar refractivity (Wildman–Crippen MR) is 75.7 cm³/mol. The lowest BCUT2D eigenvalue weighted by atomic mass is 9.69. The average molecular weight is 257 g/mol. The molecule has 1 heterocycles. The Morgan fingerprint density at radius 3 is 2.78 bits per heavy atom. The zero-order chi connectivity index (χ0) is 12.4. The molecule has 94 valence electrons. The molecule has 0 amide bonds. The first kappa shape index (κ1) is 12.1. The quantitative estimate of drug-likeness (QED) is 0.764. The van der Waals surface area contributed by atoms with E-state index >= 15 is 0 Å². The maximum atomic E-state index is 9.59. The van der Waals surface area contributed by atoms with Gasteiger partial charge >= 0.3 is 0 Å². The fraction of sp³-hybridized carbons (Fsp3) is 0.562. The maximum absolute atomic E-state index is 9.59. The smallest absolute Gasteiger partial charge is 0.0689 e. The van der Waals surface area contributed by atoms with Crippen LogP contribution in [0.5, 0.6) is 0 Å². The monoisotopic (exact) mass is 257 g/mol. The van der Waals surface area contributed by atoms with Crippen LogP contribution >= 0.6 is 11.8 Å². The second-order valence-electron chi connectivity index (χ2n) is 5.70. The normalized spacial score (nSPS) is 25.4. The van der Waals surface area contributed by atoms with Crippen molar-refractivity contribution in [1.29, 1.82) is 5.26 Å². The van der Waals surface area contributed by atoms with Gasteiger partial charge in [0.1, 0.15) is 0 Å². The first-order valence-corrected chi connectivity index (χ1v) is 7.95. The summed E-state index contributed by atoms with van der Waals surface area (Å²) in [5.41, 5.74) is 1.46. The lowest BCUT2D eigenvalue weighted by molar-refractivity contribution is 0.237. The van der Waals surface area contributed by atoms with E-state index in [1.807, 2.05) is 11.8 Å². The van der Waals surface area contributed by atoms with Crippen LogP contribution in [0.25, 0.3) is 0 Å². The molecule has 0 saturated heterocycles. The van der Waals surface area contributed by atoms with Gasteiger partial charge in [0.05, 0.1) is 11.5 Å². The van der Waals surface area contributed by atoms with Crippen LogP contribution in [-0.2, 0) is 0 Å². The van der Waals surface area contributed by atoms with Crippen molar-refractivity contribution in [3.05, 3.63) is 29.8 Å². The molecule has 2 heteroatoms. The summed E-state index contributed by atoms with van der Waals surface area (Å²) < 4.78 is 0. The fourth-order valence-electron chi connectivity index (χ4n) is 3.46. The number of thioether (sulfide) groups is 1. The number of fused-ring (bicyclic) bond motifs is 1. The zero-order valence-corrected chi connectivity index (χ0v) is 11.5. The van der Waals surface area contributed by atoms with Crippen LogP contribution in [0.15, 0.2) is 29.2 Å². The Morgan fingerprint density at radius 2 is 2.00 bits per heavy atom. The minimum Gasteiger partial charge on any atom is -0.198 e. The summed E-state index contributed by atoms with van der Waals surface area (Å²) in [6, 6.07) is 11.4. The van der Waals surface area contributed by atoms with Crippen molar-refractivity contribution in [3.8, 4) is 6.07 Å². The van der Waals surface area contributed by atoms with Gasteiger partial charge in [-0.05, 0) is 36.8 Å². The standard InChI is InChI=1S/C16H19NS/c17-12-16(8-4-1-5-9-16)10-13-11-18-15-7-3-2-6-14(13)15/h2-3,6-7,13H,1,4-5,8-11H2. The van der Waals surface area contributed by atoms with Crippen molar-refractivity contribution in [2.75, 3.05) is 5.75 Å². The third-order valence-electron chi connectivity index (χ3n) is 4.48.